The van der Waals surface area contributed by atoms with Gasteiger partial charge in [0.15, 0.2) is 0 Å². The van der Waals surface area contributed by atoms with E-state index in [1.807, 2.05) is 19.9 Å². The van der Waals surface area contributed by atoms with E-state index in [1.165, 1.54) is 6.33 Å². The maximum atomic E-state index is 11.3. The van der Waals surface area contributed by atoms with Crippen molar-refractivity contribution in [2.75, 3.05) is 18.4 Å². The van der Waals surface area contributed by atoms with E-state index >= 15 is 0 Å². The summed E-state index contributed by atoms with van der Waals surface area (Å²) in [5.41, 5.74) is 0.910. The number of anilines is 1. The highest BCUT2D eigenvalue weighted by atomic mass is 16.1. The van der Waals surface area contributed by atoms with Gasteiger partial charge in [0.1, 0.15) is 12.1 Å². The SMILES string of the molecule is CCCNC(=O)CCNc1cc(C)ncn1. The van der Waals surface area contributed by atoms with Crippen molar-refractivity contribution in [2.24, 2.45) is 0 Å². The zero-order valence-corrected chi connectivity index (χ0v) is 9.79. The fourth-order valence-electron chi connectivity index (χ4n) is 1.21. The molecule has 0 atom stereocenters. The van der Waals surface area contributed by atoms with Crippen molar-refractivity contribution in [1.29, 1.82) is 0 Å². The lowest BCUT2D eigenvalue weighted by molar-refractivity contribution is -0.120. The molecule has 1 amide bonds. The third kappa shape index (κ3) is 4.72. The molecule has 0 radical (unpaired) electrons. The number of nitrogens with one attached hydrogen (secondary N) is 2. The van der Waals surface area contributed by atoms with E-state index in [0.29, 0.717) is 13.0 Å². The Morgan fingerprint density at radius 2 is 2.19 bits per heavy atom. The van der Waals surface area contributed by atoms with Crippen molar-refractivity contribution in [3.8, 4) is 0 Å². The minimum Gasteiger partial charge on any atom is -0.369 e. The first-order valence-corrected chi connectivity index (χ1v) is 5.51. The van der Waals surface area contributed by atoms with E-state index in [2.05, 4.69) is 20.6 Å². The van der Waals surface area contributed by atoms with E-state index < -0.39 is 0 Å². The lowest BCUT2D eigenvalue weighted by atomic mass is 10.3. The van der Waals surface area contributed by atoms with Crippen LogP contribution in [0, 0.1) is 6.92 Å². The minimum atomic E-state index is 0.0696. The van der Waals surface area contributed by atoms with E-state index in [4.69, 9.17) is 0 Å². The second-order valence-electron chi connectivity index (χ2n) is 3.57. The first-order chi connectivity index (χ1) is 7.72. The molecule has 0 saturated heterocycles. The number of carbonyl (C=O) groups is 1. The van der Waals surface area contributed by atoms with Crippen LogP contribution in [-0.4, -0.2) is 29.0 Å². The number of aromatic nitrogens is 2. The predicted molar refractivity (Wildman–Crippen MR) is 63.2 cm³/mol. The summed E-state index contributed by atoms with van der Waals surface area (Å²) < 4.78 is 0. The quantitative estimate of drug-likeness (QED) is 0.756. The van der Waals surface area contributed by atoms with Crippen LogP contribution in [0.25, 0.3) is 0 Å². The van der Waals surface area contributed by atoms with Crippen molar-refractivity contribution in [3.05, 3.63) is 18.1 Å². The molecule has 1 aromatic heterocycles. The molecule has 0 spiro atoms. The molecule has 88 valence electrons. The third-order valence-electron chi connectivity index (χ3n) is 2.03. The van der Waals surface area contributed by atoms with Gasteiger partial charge in [-0.2, -0.15) is 0 Å². The van der Waals surface area contributed by atoms with Crippen LogP contribution in [0.1, 0.15) is 25.5 Å². The molecule has 0 bridgehead atoms. The zero-order chi connectivity index (χ0) is 11.8. The maximum Gasteiger partial charge on any atom is 0.221 e. The van der Waals surface area contributed by atoms with Crippen LogP contribution in [0.5, 0.6) is 0 Å². The van der Waals surface area contributed by atoms with Gasteiger partial charge in [-0.1, -0.05) is 6.92 Å². The van der Waals surface area contributed by atoms with Crippen molar-refractivity contribution in [1.82, 2.24) is 15.3 Å². The van der Waals surface area contributed by atoms with Crippen LogP contribution in [-0.2, 0) is 4.79 Å². The Morgan fingerprint density at radius 1 is 1.38 bits per heavy atom. The molecule has 1 rings (SSSR count). The number of aryl methyl sites for hydroxylation is 1. The topological polar surface area (TPSA) is 66.9 Å². The van der Waals surface area contributed by atoms with Gasteiger partial charge in [-0.05, 0) is 13.3 Å². The van der Waals surface area contributed by atoms with Gasteiger partial charge in [0.25, 0.3) is 0 Å². The zero-order valence-electron chi connectivity index (χ0n) is 9.79. The summed E-state index contributed by atoms with van der Waals surface area (Å²) >= 11 is 0. The second-order valence-corrected chi connectivity index (χ2v) is 3.57. The molecule has 5 nitrogen and oxygen atoms in total. The first-order valence-electron chi connectivity index (χ1n) is 5.51. The maximum absolute atomic E-state index is 11.3. The Hall–Kier alpha value is -1.65. The van der Waals surface area contributed by atoms with Gasteiger partial charge >= 0.3 is 0 Å². The first kappa shape index (κ1) is 12.4. The van der Waals surface area contributed by atoms with Crippen molar-refractivity contribution in [2.45, 2.75) is 26.7 Å². The Bertz CT molecular complexity index is 341. The smallest absolute Gasteiger partial charge is 0.221 e. The number of nitrogens with zero attached hydrogens (tertiary/aromatic N) is 2. The van der Waals surface area contributed by atoms with Crippen LogP contribution in [0.4, 0.5) is 5.82 Å². The molecule has 0 aliphatic rings. The monoisotopic (exact) mass is 222 g/mol. The summed E-state index contributed by atoms with van der Waals surface area (Å²) in [6.45, 7) is 5.26. The fraction of sp³-hybridized carbons (Fsp3) is 0.545. The average molecular weight is 222 g/mol. The molecular weight excluding hydrogens is 204 g/mol. The molecule has 1 aromatic rings. The summed E-state index contributed by atoms with van der Waals surface area (Å²) in [6, 6.07) is 1.85. The Morgan fingerprint density at radius 3 is 2.88 bits per heavy atom. The summed E-state index contributed by atoms with van der Waals surface area (Å²) in [6.07, 6.45) is 2.93. The van der Waals surface area contributed by atoms with Crippen LogP contribution >= 0.6 is 0 Å². The lowest BCUT2D eigenvalue weighted by Crippen LogP contribution is -2.25. The normalized spacial score (nSPS) is 9.88. The van der Waals surface area contributed by atoms with E-state index in [9.17, 15) is 4.79 Å². The molecule has 0 aliphatic heterocycles. The lowest BCUT2D eigenvalue weighted by Gasteiger charge is -2.06. The highest BCUT2D eigenvalue weighted by Crippen LogP contribution is 2.01. The van der Waals surface area contributed by atoms with Crippen LogP contribution in [0.2, 0.25) is 0 Å². The van der Waals surface area contributed by atoms with Crippen molar-refractivity contribution < 1.29 is 4.79 Å². The molecule has 0 fully saturated rings. The largest absolute Gasteiger partial charge is 0.369 e. The molecular formula is C11H18N4O. The van der Waals surface area contributed by atoms with Crippen LogP contribution in [0.15, 0.2) is 12.4 Å². The Balaban J connectivity index is 2.22. The van der Waals surface area contributed by atoms with Gasteiger partial charge in [-0.25, -0.2) is 9.97 Å². The van der Waals surface area contributed by atoms with Gasteiger partial charge in [-0.15, -0.1) is 0 Å². The van der Waals surface area contributed by atoms with Gasteiger partial charge in [0.2, 0.25) is 5.91 Å². The molecule has 2 N–H and O–H groups in total. The van der Waals surface area contributed by atoms with E-state index in [-0.39, 0.29) is 5.91 Å². The highest BCUT2D eigenvalue weighted by molar-refractivity contribution is 5.76. The number of rotatable bonds is 6. The van der Waals surface area contributed by atoms with Crippen molar-refractivity contribution in [3.63, 3.8) is 0 Å². The number of hydrogen-bond donors (Lipinski definition) is 2. The number of carbonyl (C=O) groups excluding carboxylic acids is 1. The summed E-state index contributed by atoms with van der Waals surface area (Å²) in [5, 5.41) is 5.90. The standard InChI is InChI=1S/C11H18N4O/c1-3-5-13-11(16)4-6-12-10-7-9(2)14-8-15-10/h7-8H,3-6H2,1-2H3,(H,13,16)(H,12,14,15). The highest BCUT2D eigenvalue weighted by Gasteiger charge is 2.00. The van der Waals surface area contributed by atoms with Gasteiger partial charge in [-0.3, -0.25) is 4.79 Å². The second kappa shape index (κ2) is 6.76. The number of hydrogen-bond acceptors (Lipinski definition) is 4. The molecule has 1 heterocycles. The number of amides is 1. The molecule has 0 unspecified atom stereocenters. The van der Waals surface area contributed by atoms with Crippen LogP contribution in [0.3, 0.4) is 0 Å². The van der Waals surface area contributed by atoms with Gasteiger partial charge < -0.3 is 10.6 Å². The van der Waals surface area contributed by atoms with E-state index in [0.717, 1.165) is 24.5 Å². The fourth-order valence-corrected chi connectivity index (χ4v) is 1.21. The average Bonchev–Trinajstić information content (AvgIpc) is 2.26. The molecule has 0 aromatic carbocycles. The summed E-state index contributed by atoms with van der Waals surface area (Å²) in [5.74, 6) is 0.830. The molecule has 5 heteroatoms. The summed E-state index contributed by atoms with van der Waals surface area (Å²) in [4.78, 5) is 19.3. The Labute approximate surface area is 95.7 Å². The summed E-state index contributed by atoms with van der Waals surface area (Å²) in [7, 11) is 0. The third-order valence-corrected chi connectivity index (χ3v) is 2.03. The van der Waals surface area contributed by atoms with Crippen molar-refractivity contribution >= 4 is 11.7 Å². The van der Waals surface area contributed by atoms with Gasteiger partial charge in [0.05, 0.1) is 0 Å². The molecule has 16 heavy (non-hydrogen) atoms. The van der Waals surface area contributed by atoms with Crippen LogP contribution < -0.4 is 10.6 Å². The Kier molecular flexibility index (Phi) is 5.25. The minimum absolute atomic E-state index is 0.0696. The predicted octanol–water partition coefficient (Wildman–Crippen LogP) is 1.11. The van der Waals surface area contributed by atoms with E-state index in [1.54, 1.807) is 0 Å². The molecule has 0 aliphatic carbocycles. The van der Waals surface area contributed by atoms with Gasteiger partial charge in [0, 0.05) is 31.3 Å². The molecule has 0 saturated carbocycles.